The van der Waals surface area contributed by atoms with Crippen molar-refractivity contribution in [1.82, 2.24) is 0 Å². The summed E-state index contributed by atoms with van der Waals surface area (Å²) in [6, 6.07) is 0. The third-order valence-electron chi connectivity index (χ3n) is 3.38. The highest BCUT2D eigenvalue weighted by molar-refractivity contribution is 4.90. The predicted octanol–water partition coefficient (Wildman–Crippen LogP) is 2.86. The van der Waals surface area contributed by atoms with E-state index in [9.17, 15) is 0 Å². The summed E-state index contributed by atoms with van der Waals surface area (Å²) in [4.78, 5) is 0. The third-order valence-corrected chi connectivity index (χ3v) is 3.38. The summed E-state index contributed by atoms with van der Waals surface area (Å²) in [5.74, 6) is 0.520. The first-order valence-electron chi connectivity index (χ1n) is 5.56. The lowest BCUT2D eigenvalue weighted by Gasteiger charge is -2.44. The lowest BCUT2D eigenvalue weighted by molar-refractivity contribution is -0.103. The maximum atomic E-state index is 5.58. The molecule has 0 aromatic rings. The van der Waals surface area contributed by atoms with Crippen LogP contribution in [-0.4, -0.2) is 26.4 Å². The Hall–Kier alpha value is -0.0800. The summed E-state index contributed by atoms with van der Waals surface area (Å²) in [6.45, 7) is 6.84. The number of ether oxygens (including phenoxy) is 2. The van der Waals surface area contributed by atoms with E-state index in [1.807, 2.05) is 14.2 Å². The van der Waals surface area contributed by atoms with Crippen LogP contribution in [0.3, 0.4) is 0 Å². The van der Waals surface area contributed by atoms with Gasteiger partial charge in [0, 0.05) is 20.1 Å². The van der Waals surface area contributed by atoms with Crippen LogP contribution in [0.15, 0.2) is 0 Å². The Kier molecular flexibility index (Phi) is 3.96. The van der Waals surface area contributed by atoms with E-state index in [0.717, 1.165) is 0 Å². The van der Waals surface area contributed by atoms with E-state index in [4.69, 9.17) is 9.47 Å². The molecule has 0 heterocycles. The second kappa shape index (κ2) is 4.63. The summed E-state index contributed by atoms with van der Waals surface area (Å²) in [6.07, 6.45) is 4.32. The largest absolute Gasteiger partial charge is 0.381 e. The molecule has 0 aromatic heterocycles. The highest BCUT2D eigenvalue weighted by atomic mass is 16.5. The van der Waals surface area contributed by atoms with Crippen molar-refractivity contribution in [2.45, 2.75) is 52.2 Å². The minimum absolute atomic E-state index is 0.266. The summed E-state index contributed by atoms with van der Waals surface area (Å²) in [7, 11) is 3.64. The zero-order chi connectivity index (χ0) is 10.8. The molecule has 0 radical (unpaired) electrons. The minimum Gasteiger partial charge on any atom is -0.381 e. The molecule has 0 amide bonds. The molecule has 1 saturated carbocycles. The average molecular weight is 200 g/mol. The SMILES string of the molecule is COC1CCCC(OC)C1C(C)(C)C. The third kappa shape index (κ3) is 2.48. The van der Waals surface area contributed by atoms with Crippen molar-refractivity contribution in [3.63, 3.8) is 0 Å². The number of hydrogen-bond donors (Lipinski definition) is 0. The Morgan fingerprint density at radius 2 is 1.36 bits per heavy atom. The smallest absolute Gasteiger partial charge is 0.0629 e. The van der Waals surface area contributed by atoms with Crippen LogP contribution in [0.5, 0.6) is 0 Å². The van der Waals surface area contributed by atoms with Crippen molar-refractivity contribution in [2.24, 2.45) is 11.3 Å². The van der Waals surface area contributed by atoms with Crippen LogP contribution in [0.1, 0.15) is 40.0 Å². The molecule has 0 N–H and O–H groups in total. The van der Waals surface area contributed by atoms with E-state index in [0.29, 0.717) is 18.1 Å². The van der Waals surface area contributed by atoms with Crippen LogP contribution in [0.4, 0.5) is 0 Å². The molecule has 2 unspecified atom stereocenters. The van der Waals surface area contributed by atoms with Gasteiger partial charge in [0.2, 0.25) is 0 Å². The summed E-state index contributed by atoms with van der Waals surface area (Å²) in [5.41, 5.74) is 0.266. The topological polar surface area (TPSA) is 18.5 Å². The van der Waals surface area contributed by atoms with Gasteiger partial charge < -0.3 is 9.47 Å². The summed E-state index contributed by atoms with van der Waals surface area (Å²) >= 11 is 0. The van der Waals surface area contributed by atoms with E-state index in [1.165, 1.54) is 19.3 Å². The van der Waals surface area contributed by atoms with E-state index in [2.05, 4.69) is 20.8 Å². The van der Waals surface area contributed by atoms with Crippen molar-refractivity contribution in [3.05, 3.63) is 0 Å². The molecule has 14 heavy (non-hydrogen) atoms. The highest BCUT2D eigenvalue weighted by Crippen LogP contribution is 2.40. The maximum absolute atomic E-state index is 5.58. The van der Waals surface area contributed by atoms with Crippen molar-refractivity contribution < 1.29 is 9.47 Å². The van der Waals surface area contributed by atoms with Crippen LogP contribution < -0.4 is 0 Å². The number of rotatable bonds is 2. The first kappa shape index (κ1) is 12.0. The molecule has 0 bridgehead atoms. The van der Waals surface area contributed by atoms with Crippen LogP contribution >= 0.6 is 0 Å². The van der Waals surface area contributed by atoms with Crippen LogP contribution in [0.25, 0.3) is 0 Å². The van der Waals surface area contributed by atoms with E-state index < -0.39 is 0 Å². The highest BCUT2D eigenvalue weighted by Gasteiger charge is 2.41. The van der Waals surface area contributed by atoms with E-state index in [1.54, 1.807) is 0 Å². The molecule has 2 heteroatoms. The fraction of sp³-hybridized carbons (Fsp3) is 1.00. The second-order valence-electron chi connectivity index (χ2n) is 5.37. The molecule has 0 aromatic carbocycles. The van der Waals surface area contributed by atoms with Gasteiger partial charge in [0.25, 0.3) is 0 Å². The Morgan fingerprint density at radius 1 is 0.929 bits per heavy atom. The van der Waals surface area contributed by atoms with E-state index >= 15 is 0 Å². The first-order chi connectivity index (χ1) is 6.50. The van der Waals surface area contributed by atoms with Crippen molar-refractivity contribution >= 4 is 0 Å². The Bertz CT molecular complexity index is 160. The Labute approximate surface area is 88.0 Å². The molecule has 2 nitrogen and oxygen atoms in total. The summed E-state index contributed by atoms with van der Waals surface area (Å²) in [5, 5.41) is 0. The maximum Gasteiger partial charge on any atom is 0.0629 e. The van der Waals surface area contributed by atoms with Crippen molar-refractivity contribution in [2.75, 3.05) is 14.2 Å². The molecule has 1 fully saturated rings. The zero-order valence-electron chi connectivity index (χ0n) is 10.2. The fourth-order valence-corrected chi connectivity index (χ4v) is 2.76. The summed E-state index contributed by atoms with van der Waals surface area (Å²) < 4.78 is 11.2. The quantitative estimate of drug-likeness (QED) is 0.682. The molecular weight excluding hydrogens is 176 g/mol. The van der Waals surface area contributed by atoms with Gasteiger partial charge in [0.1, 0.15) is 0 Å². The Morgan fingerprint density at radius 3 is 1.64 bits per heavy atom. The molecule has 0 spiro atoms. The van der Waals surface area contributed by atoms with Gasteiger partial charge in [-0.05, 0) is 24.7 Å². The fourth-order valence-electron chi connectivity index (χ4n) is 2.76. The van der Waals surface area contributed by atoms with Gasteiger partial charge in [-0.15, -0.1) is 0 Å². The molecular formula is C12H24O2. The molecule has 1 aliphatic rings. The van der Waals surface area contributed by atoms with Gasteiger partial charge in [-0.3, -0.25) is 0 Å². The predicted molar refractivity (Wildman–Crippen MR) is 58.4 cm³/mol. The first-order valence-corrected chi connectivity index (χ1v) is 5.56. The van der Waals surface area contributed by atoms with Gasteiger partial charge in [-0.2, -0.15) is 0 Å². The molecule has 1 aliphatic carbocycles. The van der Waals surface area contributed by atoms with Crippen molar-refractivity contribution in [3.8, 4) is 0 Å². The average Bonchev–Trinajstić information content (AvgIpc) is 2.15. The van der Waals surface area contributed by atoms with Gasteiger partial charge >= 0.3 is 0 Å². The molecule has 1 rings (SSSR count). The standard InChI is InChI=1S/C12H24O2/c1-12(2,3)11-9(13-4)7-6-8-10(11)14-5/h9-11H,6-8H2,1-5H3. The lowest BCUT2D eigenvalue weighted by atomic mass is 9.69. The molecule has 84 valence electrons. The molecule has 0 saturated heterocycles. The van der Waals surface area contributed by atoms with Gasteiger partial charge in [-0.25, -0.2) is 0 Å². The normalized spacial score (nSPS) is 34.5. The zero-order valence-corrected chi connectivity index (χ0v) is 10.2. The number of hydrogen-bond acceptors (Lipinski definition) is 2. The van der Waals surface area contributed by atoms with E-state index in [-0.39, 0.29) is 5.41 Å². The monoisotopic (exact) mass is 200 g/mol. The van der Waals surface area contributed by atoms with Gasteiger partial charge in [0.15, 0.2) is 0 Å². The second-order valence-corrected chi connectivity index (χ2v) is 5.37. The van der Waals surface area contributed by atoms with Crippen LogP contribution in [0.2, 0.25) is 0 Å². The lowest BCUT2D eigenvalue weighted by Crippen LogP contribution is -2.45. The molecule has 0 aliphatic heterocycles. The van der Waals surface area contributed by atoms with Crippen LogP contribution in [-0.2, 0) is 9.47 Å². The number of methoxy groups -OCH3 is 2. The molecule has 2 atom stereocenters. The van der Waals surface area contributed by atoms with Crippen molar-refractivity contribution in [1.29, 1.82) is 0 Å². The van der Waals surface area contributed by atoms with Crippen LogP contribution in [0, 0.1) is 11.3 Å². The van der Waals surface area contributed by atoms with Gasteiger partial charge in [-0.1, -0.05) is 20.8 Å². The van der Waals surface area contributed by atoms with Gasteiger partial charge in [0.05, 0.1) is 12.2 Å². The Balaban J connectivity index is 2.78. The minimum atomic E-state index is 0.266.